The minimum absolute atomic E-state index is 0.894. The van der Waals surface area contributed by atoms with Gasteiger partial charge in [-0.2, -0.15) is 0 Å². The fourth-order valence-electron chi connectivity index (χ4n) is 1.86. The molecular weight excluding hydrogens is 222 g/mol. The van der Waals surface area contributed by atoms with Crippen LogP contribution in [0.4, 0.5) is 0 Å². The largest absolute Gasteiger partial charge is 0.399 e. The first-order valence-electron chi connectivity index (χ1n) is 5.96. The van der Waals surface area contributed by atoms with Crippen LogP contribution in [0.2, 0.25) is 0 Å². The minimum Gasteiger partial charge on any atom is -0.399 e. The van der Waals surface area contributed by atoms with Gasteiger partial charge < -0.3 is 4.84 Å². The summed E-state index contributed by atoms with van der Waals surface area (Å²) in [6, 6.07) is 14.8. The van der Waals surface area contributed by atoms with Gasteiger partial charge in [-0.05, 0) is 41.8 Å². The number of benzene rings is 2. The van der Waals surface area contributed by atoms with Crippen molar-refractivity contribution in [1.82, 2.24) is 0 Å². The van der Waals surface area contributed by atoms with E-state index in [4.69, 9.17) is 4.84 Å². The molecule has 0 amide bonds. The number of allylic oxidation sites excluding steroid dienone is 1. The first-order chi connectivity index (χ1) is 8.70. The third-order valence-corrected chi connectivity index (χ3v) is 2.96. The smallest absolute Gasteiger partial charge is 0.106 e. The number of hydrogen-bond acceptors (Lipinski definition) is 2. The first-order valence-corrected chi connectivity index (χ1v) is 5.96. The SMILES string of the molecule is CO/N=C(C)/C(C)=C/c1ccc2ccccc2c1. The number of nitrogens with zero attached hydrogens (tertiary/aromatic N) is 1. The van der Waals surface area contributed by atoms with Gasteiger partial charge in [0.2, 0.25) is 0 Å². The van der Waals surface area contributed by atoms with E-state index >= 15 is 0 Å². The van der Waals surface area contributed by atoms with E-state index in [1.807, 2.05) is 13.8 Å². The third-order valence-electron chi connectivity index (χ3n) is 2.96. The van der Waals surface area contributed by atoms with Gasteiger partial charge in [-0.15, -0.1) is 0 Å². The van der Waals surface area contributed by atoms with E-state index in [0.29, 0.717) is 0 Å². The molecular formula is C16H17NO. The van der Waals surface area contributed by atoms with Crippen molar-refractivity contribution in [3.05, 3.63) is 53.6 Å². The Kier molecular flexibility index (Phi) is 3.78. The lowest BCUT2D eigenvalue weighted by Gasteiger charge is -2.02. The first kappa shape index (κ1) is 12.4. The standard InChI is InChI=1S/C16H17NO/c1-12(13(2)17-18-3)10-14-8-9-15-6-4-5-7-16(15)11-14/h4-11H,1-3H3/b12-10+,17-13+. The molecule has 92 valence electrons. The number of fused-ring (bicyclic) bond motifs is 1. The summed E-state index contributed by atoms with van der Waals surface area (Å²) in [7, 11) is 1.56. The summed E-state index contributed by atoms with van der Waals surface area (Å²) in [5.74, 6) is 0. The van der Waals surface area contributed by atoms with Gasteiger partial charge in [0.15, 0.2) is 0 Å². The van der Waals surface area contributed by atoms with Crippen LogP contribution in [0.5, 0.6) is 0 Å². The van der Waals surface area contributed by atoms with E-state index in [2.05, 4.69) is 53.7 Å². The Morgan fingerprint density at radius 3 is 2.50 bits per heavy atom. The lowest BCUT2D eigenvalue weighted by molar-refractivity contribution is 0.213. The summed E-state index contributed by atoms with van der Waals surface area (Å²) in [6.45, 7) is 3.98. The lowest BCUT2D eigenvalue weighted by Crippen LogP contribution is -1.93. The number of rotatable bonds is 3. The van der Waals surface area contributed by atoms with Crippen molar-refractivity contribution in [3.8, 4) is 0 Å². The maximum Gasteiger partial charge on any atom is 0.106 e. The molecule has 2 aromatic rings. The summed E-state index contributed by atoms with van der Waals surface area (Å²) in [6.07, 6.45) is 2.12. The second-order valence-corrected chi connectivity index (χ2v) is 4.29. The zero-order valence-electron chi connectivity index (χ0n) is 11.0. The van der Waals surface area contributed by atoms with E-state index in [1.165, 1.54) is 16.3 Å². The van der Waals surface area contributed by atoms with Crippen LogP contribution in [-0.2, 0) is 4.84 Å². The van der Waals surface area contributed by atoms with Gasteiger partial charge in [0, 0.05) is 0 Å². The zero-order valence-corrected chi connectivity index (χ0v) is 11.0. The van der Waals surface area contributed by atoms with Crippen LogP contribution in [0.25, 0.3) is 16.8 Å². The van der Waals surface area contributed by atoms with E-state index in [9.17, 15) is 0 Å². The van der Waals surface area contributed by atoms with Gasteiger partial charge in [-0.1, -0.05) is 47.6 Å². The molecule has 18 heavy (non-hydrogen) atoms. The van der Waals surface area contributed by atoms with E-state index in [0.717, 1.165) is 11.3 Å². The van der Waals surface area contributed by atoms with Crippen LogP contribution in [0.1, 0.15) is 19.4 Å². The van der Waals surface area contributed by atoms with Crippen LogP contribution >= 0.6 is 0 Å². The Morgan fingerprint density at radius 2 is 1.78 bits per heavy atom. The molecule has 0 aliphatic rings. The van der Waals surface area contributed by atoms with Crippen LogP contribution < -0.4 is 0 Å². The maximum absolute atomic E-state index is 4.78. The normalized spacial score (nSPS) is 12.8. The number of oxime groups is 1. The summed E-state index contributed by atoms with van der Waals surface area (Å²) in [4.78, 5) is 4.78. The van der Waals surface area contributed by atoms with Crippen molar-refractivity contribution in [2.45, 2.75) is 13.8 Å². The molecule has 0 heterocycles. The Labute approximate surface area is 108 Å². The fourth-order valence-corrected chi connectivity index (χ4v) is 1.86. The monoisotopic (exact) mass is 239 g/mol. The summed E-state index contributed by atoms with van der Waals surface area (Å²) in [5.41, 5.74) is 3.18. The molecule has 0 bridgehead atoms. The Morgan fingerprint density at radius 1 is 1.06 bits per heavy atom. The molecule has 0 saturated heterocycles. The zero-order chi connectivity index (χ0) is 13.0. The molecule has 0 radical (unpaired) electrons. The summed E-state index contributed by atoms with van der Waals surface area (Å²) >= 11 is 0. The van der Waals surface area contributed by atoms with E-state index < -0.39 is 0 Å². The molecule has 2 heteroatoms. The number of hydrogen-bond donors (Lipinski definition) is 0. The Bertz CT molecular complexity index is 611. The quantitative estimate of drug-likeness (QED) is 0.579. The second kappa shape index (κ2) is 5.50. The van der Waals surface area contributed by atoms with Crippen molar-refractivity contribution in [1.29, 1.82) is 0 Å². The molecule has 0 N–H and O–H groups in total. The predicted molar refractivity (Wildman–Crippen MR) is 77.7 cm³/mol. The highest BCUT2D eigenvalue weighted by molar-refractivity contribution is 6.01. The second-order valence-electron chi connectivity index (χ2n) is 4.29. The van der Waals surface area contributed by atoms with Crippen molar-refractivity contribution >= 4 is 22.6 Å². The van der Waals surface area contributed by atoms with Crippen molar-refractivity contribution in [3.63, 3.8) is 0 Å². The fraction of sp³-hybridized carbons (Fsp3) is 0.188. The molecule has 2 nitrogen and oxygen atoms in total. The molecule has 2 aromatic carbocycles. The molecule has 0 aliphatic carbocycles. The van der Waals surface area contributed by atoms with E-state index in [1.54, 1.807) is 7.11 Å². The van der Waals surface area contributed by atoms with Gasteiger partial charge in [0.05, 0.1) is 5.71 Å². The van der Waals surface area contributed by atoms with E-state index in [-0.39, 0.29) is 0 Å². The average Bonchev–Trinajstić information content (AvgIpc) is 2.39. The molecule has 0 saturated carbocycles. The van der Waals surface area contributed by atoms with Crippen LogP contribution in [0, 0.1) is 0 Å². The van der Waals surface area contributed by atoms with Crippen molar-refractivity contribution in [2.24, 2.45) is 5.16 Å². The molecule has 0 spiro atoms. The lowest BCUT2D eigenvalue weighted by atomic mass is 10.0. The maximum atomic E-state index is 4.78. The Balaban J connectivity index is 2.37. The predicted octanol–water partition coefficient (Wildman–Crippen LogP) is 4.27. The highest BCUT2D eigenvalue weighted by Gasteiger charge is 1.98. The summed E-state index contributed by atoms with van der Waals surface area (Å²) in [5, 5.41) is 6.44. The minimum atomic E-state index is 0.894. The van der Waals surface area contributed by atoms with Crippen LogP contribution in [0.15, 0.2) is 53.2 Å². The van der Waals surface area contributed by atoms with Gasteiger partial charge >= 0.3 is 0 Å². The topological polar surface area (TPSA) is 21.6 Å². The van der Waals surface area contributed by atoms with Gasteiger partial charge in [-0.3, -0.25) is 0 Å². The summed E-state index contributed by atoms with van der Waals surface area (Å²) < 4.78 is 0. The highest BCUT2D eigenvalue weighted by Crippen LogP contribution is 2.17. The van der Waals surface area contributed by atoms with Crippen LogP contribution in [0.3, 0.4) is 0 Å². The van der Waals surface area contributed by atoms with Crippen molar-refractivity contribution < 1.29 is 4.84 Å². The molecule has 0 aromatic heterocycles. The third kappa shape index (κ3) is 2.77. The van der Waals surface area contributed by atoms with Gasteiger partial charge in [0.1, 0.15) is 7.11 Å². The molecule has 0 unspecified atom stereocenters. The van der Waals surface area contributed by atoms with Crippen molar-refractivity contribution in [2.75, 3.05) is 7.11 Å². The Hall–Kier alpha value is -2.09. The van der Waals surface area contributed by atoms with Gasteiger partial charge in [-0.25, -0.2) is 0 Å². The average molecular weight is 239 g/mol. The molecule has 0 fully saturated rings. The molecule has 0 aliphatic heterocycles. The molecule has 2 rings (SSSR count). The van der Waals surface area contributed by atoms with Crippen LogP contribution in [-0.4, -0.2) is 12.8 Å². The van der Waals surface area contributed by atoms with Gasteiger partial charge in [0.25, 0.3) is 0 Å². The molecule has 0 atom stereocenters. The highest BCUT2D eigenvalue weighted by atomic mass is 16.6.